The Morgan fingerprint density at radius 3 is 2.66 bits per heavy atom. The largest absolute Gasteiger partial charge is 0.492 e. The van der Waals surface area contributed by atoms with Gasteiger partial charge in [0, 0.05) is 45.1 Å². The second-order valence-electron chi connectivity index (χ2n) is 12.1. The molecule has 0 saturated heterocycles. The Morgan fingerprint density at radius 2 is 1.89 bits per heavy atom. The van der Waals surface area contributed by atoms with Crippen molar-refractivity contribution in [3.8, 4) is 5.75 Å². The van der Waals surface area contributed by atoms with Crippen molar-refractivity contribution in [1.29, 1.82) is 0 Å². The van der Waals surface area contributed by atoms with E-state index in [4.69, 9.17) is 16.3 Å². The molecule has 0 aliphatic carbocycles. The Labute approximate surface area is 279 Å². The number of fused-ring (bicyclic) bond motifs is 14. The lowest BCUT2D eigenvalue weighted by atomic mass is 10.0. The van der Waals surface area contributed by atoms with E-state index in [0.29, 0.717) is 72.6 Å². The van der Waals surface area contributed by atoms with Crippen LogP contribution in [0.1, 0.15) is 64.5 Å². The Hall–Kier alpha value is -4.71. The molecule has 4 bridgehead atoms. The van der Waals surface area contributed by atoms with Crippen molar-refractivity contribution in [3.05, 3.63) is 94.0 Å². The van der Waals surface area contributed by atoms with Crippen LogP contribution in [0.4, 0.5) is 0 Å². The zero-order chi connectivity index (χ0) is 33.3. The summed E-state index contributed by atoms with van der Waals surface area (Å²) in [5.74, 6) is -0.0817. The van der Waals surface area contributed by atoms with E-state index in [1.54, 1.807) is 33.4 Å². The zero-order valence-corrected chi connectivity index (χ0v) is 27.7. The molecular weight excluding hydrogens is 620 g/mol. The van der Waals surface area contributed by atoms with E-state index < -0.39 is 11.9 Å². The van der Waals surface area contributed by atoms with Gasteiger partial charge in [-0.1, -0.05) is 61.0 Å². The predicted octanol–water partition coefficient (Wildman–Crippen LogP) is 3.84. The zero-order valence-electron chi connectivity index (χ0n) is 27.0. The summed E-state index contributed by atoms with van der Waals surface area (Å²) < 4.78 is 9.21. The molecule has 0 fully saturated rings. The van der Waals surface area contributed by atoms with Gasteiger partial charge in [0.15, 0.2) is 0 Å². The number of hydrogen-bond donors (Lipinski definition) is 2. The molecule has 4 aromatic rings. The molecule has 1 atom stereocenters. The van der Waals surface area contributed by atoms with Crippen LogP contribution in [0.5, 0.6) is 5.75 Å². The molecule has 2 aliphatic heterocycles. The number of aryl methyl sites for hydroxylation is 2. The molecule has 47 heavy (non-hydrogen) atoms. The van der Waals surface area contributed by atoms with Gasteiger partial charge in [-0.2, -0.15) is 5.10 Å². The first-order chi connectivity index (χ1) is 22.7. The Kier molecular flexibility index (Phi) is 11.3. The minimum Gasteiger partial charge on any atom is -0.492 e. The molecule has 4 heterocycles. The summed E-state index contributed by atoms with van der Waals surface area (Å²) in [6.07, 6.45) is 4.00. The monoisotopic (exact) mass is 660 g/mol. The van der Waals surface area contributed by atoms with E-state index in [-0.39, 0.29) is 24.9 Å². The van der Waals surface area contributed by atoms with Gasteiger partial charge in [0.2, 0.25) is 5.91 Å². The number of rotatable bonds is 5. The Morgan fingerprint density at radius 1 is 1.09 bits per heavy atom. The number of hydrogen-bond acceptors (Lipinski definition) is 7. The molecular formula is C34H41ClN8O4. The highest BCUT2D eigenvalue weighted by Gasteiger charge is 2.24. The van der Waals surface area contributed by atoms with Gasteiger partial charge in [-0.15, -0.1) is 5.10 Å². The third-order valence-corrected chi connectivity index (χ3v) is 8.08. The van der Waals surface area contributed by atoms with E-state index in [9.17, 15) is 14.4 Å². The van der Waals surface area contributed by atoms with Crippen molar-refractivity contribution < 1.29 is 19.1 Å². The first-order valence-electron chi connectivity index (χ1n) is 15.9. The van der Waals surface area contributed by atoms with Gasteiger partial charge >= 0.3 is 0 Å². The highest BCUT2D eigenvalue weighted by Crippen LogP contribution is 2.26. The van der Waals surface area contributed by atoms with Crippen LogP contribution in [0.25, 0.3) is 0 Å². The molecule has 2 aromatic heterocycles. The molecule has 0 saturated carbocycles. The summed E-state index contributed by atoms with van der Waals surface area (Å²) in [7, 11) is 1.77. The highest BCUT2D eigenvalue weighted by atomic mass is 35.5. The summed E-state index contributed by atoms with van der Waals surface area (Å²) in [5.41, 5.74) is 3.20. The van der Waals surface area contributed by atoms with Crippen LogP contribution in [0.15, 0.2) is 60.8 Å². The lowest BCUT2D eigenvalue weighted by Crippen LogP contribution is -2.48. The average Bonchev–Trinajstić information content (AvgIpc) is 3.65. The number of benzene rings is 2. The first-order valence-corrected chi connectivity index (χ1v) is 16.3. The van der Waals surface area contributed by atoms with E-state index >= 15 is 0 Å². The second-order valence-corrected chi connectivity index (χ2v) is 12.6. The Bertz CT molecular complexity index is 1690. The smallest absolute Gasteiger partial charge is 0.272 e. The summed E-state index contributed by atoms with van der Waals surface area (Å²) in [6.45, 7) is 6.02. The molecule has 0 radical (unpaired) electrons. The standard InChI is InChI=1S/C34H41ClN8O4/c1-23(2)17-26-20-30(41(3)39-26)34(46)42-14-7-13-36-33(45)29(18-24-9-5-4-6-10-24)37-32(44)25-11-12-31(28(35)19-25)47-16-8-15-43-22-27(21-42)38-40-43/h4-6,9-12,19-20,22-23,29H,7-8,13-18,21H2,1-3H3,(H,36,45)(H,37,44)/t29-/m0/s1. The third-order valence-electron chi connectivity index (χ3n) is 7.78. The van der Waals surface area contributed by atoms with Crippen LogP contribution in [-0.4, -0.2) is 73.1 Å². The fraction of sp³-hybridized carbons (Fsp3) is 0.412. The normalized spacial score (nSPS) is 16.7. The van der Waals surface area contributed by atoms with E-state index in [0.717, 1.165) is 17.7 Å². The second kappa shape index (κ2) is 15.7. The summed E-state index contributed by atoms with van der Waals surface area (Å²) in [4.78, 5) is 42.3. The lowest BCUT2D eigenvalue weighted by molar-refractivity contribution is -0.122. The molecule has 13 heteroatoms. The maximum Gasteiger partial charge on any atom is 0.272 e. The SMILES string of the molecule is CC(C)Cc1cc(C(=O)N2CCCNC(=O)[C@H](Cc3ccccc3)NC(=O)c3ccc(c(Cl)c3)OCCCn3cc(nn3)C2)n(C)n1. The first kappa shape index (κ1) is 33.6. The van der Waals surface area contributed by atoms with Gasteiger partial charge in [0.1, 0.15) is 23.2 Å². The number of ether oxygens (including phenoxy) is 1. The quantitative estimate of drug-likeness (QED) is 0.332. The molecule has 0 unspecified atom stereocenters. The van der Waals surface area contributed by atoms with Crippen LogP contribution in [0.3, 0.4) is 0 Å². The van der Waals surface area contributed by atoms with Crippen LogP contribution >= 0.6 is 11.6 Å². The molecule has 2 aromatic carbocycles. The highest BCUT2D eigenvalue weighted by molar-refractivity contribution is 6.32. The predicted molar refractivity (Wildman–Crippen MR) is 177 cm³/mol. The Balaban J connectivity index is 1.37. The number of nitrogens with one attached hydrogen (secondary N) is 2. The maximum absolute atomic E-state index is 13.8. The molecule has 2 aliphatic rings. The third kappa shape index (κ3) is 9.19. The summed E-state index contributed by atoms with van der Waals surface area (Å²) in [6, 6.07) is 15.3. The molecule has 12 nitrogen and oxygen atoms in total. The number of carbonyl (C=O) groups is 3. The van der Waals surface area contributed by atoms with Crippen LogP contribution in [0, 0.1) is 5.92 Å². The van der Waals surface area contributed by atoms with Crippen LogP contribution in [-0.2, 0) is 37.8 Å². The minimum atomic E-state index is -0.838. The van der Waals surface area contributed by atoms with Gasteiger partial charge in [0.05, 0.1) is 30.1 Å². The minimum absolute atomic E-state index is 0.182. The number of aromatic nitrogens is 5. The van der Waals surface area contributed by atoms with Crippen molar-refractivity contribution in [2.75, 3.05) is 19.7 Å². The fourth-order valence-electron chi connectivity index (χ4n) is 5.45. The van der Waals surface area contributed by atoms with E-state index in [1.165, 1.54) is 6.07 Å². The van der Waals surface area contributed by atoms with Crippen molar-refractivity contribution in [1.82, 2.24) is 40.3 Å². The van der Waals surface area contributed by atoms with Crippen LogP contribution < -0.4 is 15.4 Å². The lowest BCUT2D eigenvalue weighted by Gasteiger charge is -2.22. The van der Waals surface area contributed by atoms with Crippen molar-refractivity contribution in [2.45, 2.75) is 58.7 Å². The van der Waals surface area contributed by atoms with E-state index in [1.807, 2.05) is 42.6 Å². The molecule has 248 valence electrons. The van der Waals surface area contributed by atoms with Gasteiger partial charge in [0.25, 0.3) is 11.8 Å². The molecule has 6 rings (SSSR count). The van der Waals surface area contributed by atoms with Crippen molar-refractivity contribution in [2.24, 2.45) is 13.0 Å². The topological polar surface area (TPSA) is 136 Å². The van der Waals surface area contributed by atoms with Crippen molar-refractivity contribution in [3.63, 3.8) is 0 Å². The fourth-order valence-corrected chi connectivity index (χ4v) is 5.68. The van der Waals surface area contributed by atoms with Crippen molar-refractivity contribution >= 4 is 29.3 Å². The number of carbonyl (C=O) groups excluding carboxylic acids is 3. The van der Waals surface area contributed by atoms with Gasteiger partial charge in [-0.3, -0.25) is 23.7 Å². The number of halogens is 1. The number of amides is 3. The molecule has 3 amide bonds. The molecule has 0 spiro atoms. The summed E-state index contributed by atoms with van der Waals surface area (Å²) in [5, 5.41) is 19.3. The van der Waals surface area contributed by atoms with Gasteiger partial charge in [-0.05, 0) is 48.6 Å². The maximum atomic E-state index is 13.8. The van der Waals surface area contributed by atoms with Gasteiger partial charge < -0.3 is 20.3 Å². The average molecular weight is 661 g/mol. The van der Waals surface area contributed by atoms with Crippen LogP contribution in [0.2, 0.25) is 5.02 Å². The summed E-state index contributed by atoms with van der Waals surface area (Å²) >= 11 is 6.46. The van der Waals surface area contributed by atoms with Gasteiger partial charge in [-0.25, -0.2) is 0 Å². The molecule has 2 N–H and O–H groups in total. The van der Waals surface area contributed by atoms with E-state index in [2.05, 4.69) is 39.9 Å². The number of nitrogens with zero attached hydrogens (tertiary/aromatic N) is 6.